The fourth-order valence-electron chi connectivity index (χ4n) is 3.37. The zero-order valence-corrected chi connectivity index (χ0v) is 10.8. The molecular formula is C14H15BrO. The summed E-state index contributed by atoms with van der Waals surface area (Å²) < 4.78 is 1.09. The van der Waals surface area contributed by atoms with E-state index in [0.29, 0.717) is 12.2 Å². The van der Waals surface area contributed by atoms with Crippen LogP contribution in [0.4, 0.5) is 0 Å². The first-order valence-electron chi connectivity index (χ1n) is 6.05. The van der Waals surface area contributed by atoms with Crippen molar-refractivity contribution in [2.24, 2.45) is 0 Å². The molecule has 2 heteroatoms. The molecule has 0 heterocycles. The molecule has 0 saturated heterocycles. The second-order valence-electron chi connectivity index (χ2n) is 5.04. The minimum atomic E-state index is -0.103. The Kier molecular flexibility index (Phi) is 2.43. The zero-order valence-electron chi connectivity index (χ0n) is 9.26. The molecule has 1 saturated carbocycles. The van der Waals surface area contributed by atoms with Crippen molar-refractivity contribution in [1.29, 1.82) is 0 Å². The standard InChI is InChI=1S/C14H15BrO/c15-11-4-5-12-10(8-11)9-13(16)14(12)6-2-1-3-7-14/h4-5,8H,1-3,6-7,9H2. The number of Topliss-reactive ketones (excluding diaryl/α,β-unsaturated/α-hetero) is 1. The summed E-state index contributed by atoms with van der Waals surface area (Å²) >= 11 is 3.49. The Morgan fingerprint density at radius 1 is 1.12 bits per heavy atom. The highest BCUT2D eigenvalue weighted by atomic mass is 79.9. The van der Waals surface area contributed by atoms with E-state index in [9.17, 15) is 4.79 Å². The van der Waals surface area contributed by atoms with E-state index in [1.54, 1.807) is 0 Å². The van der Waals surface area contributed by atoms with Crippen LogP contribution in [0.3, 0.4) is 0 Å². The lowest BCUT2D eigenvalue weighted by Gasteiger charge is -2.32. The van der Waals surface area contributed by atoms with Crippen molar-refractivity contribution in [2.75, 3.05) is 0 Å². The van der Waals surface area contributed by atoms with Crippen LogP contribution in [0.15, 0.2) is 22.7 Å². The summed E-state index contributed by atoms with van der Waals surface area (Å²) in [6.45, 7) is 0. The van der Waals surface area contributed by atoms with E-state index in [0.717, 1.165) is 17.3 Å². The van der Waals surface area contributed by atoms with E-state index in [4.69, 9.17) is 0 Å². The Morgan fingerprint density at radius 3 is 2.62 bits per heavy atom. The molecule has 0 radical (unpaired) electrons. The van der Waals surface area contributed by atoms with E-state index < -0.39 is 0 Å². The van der Waals surface area contributed by atoms with Crippen LogP contribution in [-0.4, -0.2) is 5.78 Å². The number of hydrogen-bond acceptors (Lipinski definition) is 1. The summed E-state index contributed by atoms with van der Waals surface area (Å²) in [5.41, 5.74) is 2.47. The van der Waals surface area contributed by atoms with Crippen molar-refractivity contribution in [3.8, 4) is 0 Å². The van der Waals surface area contributed by atoms with Crippen LogP contribution in [0, 0.1) is 0 Å². The predicted molar refractivity (Wildman–Crippen MR) is 67.6 cm³/mol. The molecule has 1 aromatic rings. The van der Waals surface area contributed by atoms with Crippen LogP contribution < -0.4 is 0 Å². The quantitative estimate of drug-likeness (QED) is 0.706. The van der Waals surface area contributed by atoms with E-state index in [-0.39, 0.29) is 5.41 Å². The lowest BCUT2D eigenvalue weighted by atomic mass is 9.70. The van der Waals surface area contributed by atoms with Gasteiger partial charge in [0.15, 0.2) is 0 Å². The Bertz CT molecular complexity index is 444. The minimum Gasteiger partial charge on any atom is -0.298 e. The number of carbonyl (C=O) groups excluding carboxylic acids is 1. The maximum Gasteiger partial charge on any atom is 0.147 e. The van der Waals surface area contributed by atoms with E-state index in [1.165, 1.54) is 30.4 Å². The topological polar surface area (TPSA) is 17.1 Å². The Morgan fingerprint density at radius 2 is 1.88 bits per heavy atom. The summed E-state index contributed by atoms with van der Waals surface area (Å²) in [5.74, 6) is 0.459. The number of halogens is 1. The fourth-order valence-corrected chi connectivity index (χ4v) is 3.78. The minimum absolute atomic E-state index is 0.103. The van der Waals surface area contributed by atoms with Gasteiger partial charge < -0.3 is 0 Å². The van der Waals surface area contributed by atoms with Gasteiger partial charge in [-0.1, -0.05) is 41.3 Å². The van der Waals surface area contributed by atoms with Crippen molar-refractivity contribution in [3.05, 3.63) is 33.8 Å². The monoisotopic (exact) mass is 278 g/mol. The molecule has 2 aliphatic rings. The summed E-state index contributed by atoms with van der Waals surface area (Å²) in [6, 6.07) is 6.36. The van der Waals surface area contributed by atoms with Gasteiger partial charge in [0, 0.05) is 10.9 Å². The molecule has 1 aromatic carbocycles. The Labute approximate surface area is 104 Å². The molecule has 3 rings (SSSR count). The van der Waals surface area contributed by atoms with Crippen molar-refractivity contribution in [2.45, 2.75) is 43.9 Å². The zero-order chi connectivity index (χ0) is 11.2. The largest absolute Gasteiger partial charge is 0.298 e. The van der Waals surface area contributed by atoms with Gasteiger partial charge in [0.2, 0.25) is 0 Å². The molecule has 84 valence electrons. The lowest BCUT2D eigenvalue weighted by molar-refractivity contribution is -0.124. The van der Waals surface area contributed by atoms with Gasteiger partial charge in [-0.25, -0.2) is 0 Å². The van der Waals surface area contributed by atoms with E-state index >= 15 is 0 Å². The third kappa shape index (κ3) is 1.39. The lowest BCUT2D eigenvalue weighted by Crippen LogP contribution is -2.34. The summed E-state index contributed by atoms with van der Waals surface area (Å²) in [4.78, 5) is 12.3. The first-order valence-corrected chi connectivity index (χ1v) is 6.84. The van der Waals surface area contributed by atoms with Gasteiger partial charge in [-0.3, -0.25) is 4.79 Å². The maximum absolute atomic E-state index is 12.3. The van der Waals surface area contributed by atoms with Crippen LogP contribution in [0.1, 0.15) is 43.2 Å². The van der Waals surface area contributed by atoms with Crippen molar-refractivity contribution < 1.29 is 4.79 Å². The van der Waals surface area contributed by atoms with Gasteiger partial charge in [-0.05, 0) is 36.1 Å². The second kappa shape index (κ2) is 3.69. The van der Waals surface area contributed by atoms with Gasteiger partial charge in [-0.15, -0.1) is 0 Å². The highest BCUT2D eigenvalue weighted by Gasteiger charge is 2.46. The summed E-state index contributed by atoms with van der Waals surface area (Å²) in [5, 5.41) is 0. The highest BCUT2D eigenvalue weighted by Crippen LogP contribution is 2.46. The average molecular weight is 279 g/mol. The normalized spacial score (nSPS) is 22.4. The van der Waals surface area contributed by atoms with Gasteiger partial charge in [0.25, 0.3) is 0 Å². The molecule has 16 heavy (non-hydrogen) atoms. The molecule has 2 aliphatic carbocycles. The fraction of sp³-hybridized carbons (Fsp3) is 0.500. The number of fused-ring (bicyclic) bond motifs is 2. The number of ketones is 1. The molecule has 0 atom stereocenters. The van der Waals surface area contributed by atoms with Crippen LogP contribution in [0.5, 0.6) is 0 Å². The van der Waals surface area contributed by atoms with Gasteiger partial charge in [0.1, 0.15) is 5.78 Å². The third-order valence-corrected chi connectivity index (χ3v) is 4.67. The average Bonchev–Trinajstić information content (AvgIpc) is 2.53. The highest BCUT2D eigenvalue weighted by molar-refractivity contribution is 9.10. The van der Waals surface area contributed by atoms with Gasteiger partial charge >= 0.3 is 0 Å². The van der Waals surface area contributed by atoms with Crippen LogP contribution in [0.2, 0.25) is 0 Å². The second-order valence-corrected chi connectivity index (χ2v) is 5.96. The molecule has 0 aliphatic heterocycles. The van der Waals surface area contributed by atoms with Crippen molar-refractivity contribution >= 4 is 21.7 Å². The molecule has 1 nitrogen and oxygen atoms in total. The van der Waals surface area contributed by atoms with Crippen LogP contribution >= 0.6 is 15.9 Å². The molecule has 0 amide bonds. The molecule has 1 fully saturated rings. The summed E-state index contributed by atoms with van der Waals surface area (Å²) in [7, 11) is 0. The van der Waals surface area contributed by atoms with Crippen LogP contribution in [-0.2, 0) is 16.6 Å². The molecular weight excluding hydrogens is 264 g/mol. The number of benzene rings is 1. The van der Waals surface area contributed by atoms with E-state index in [2.05, 4.69) is 34.1 Å². The first kappa shape index (κ1) is 10.5. The van der Waals surface area contributed by atoms with Gasteiger partial charge in [-0.2, -0.15) is 0 Å². The molecule has 0 aromatic heterocycles. The van der Waals surface area contributed by atoms with Crippen molar-refractivity contribution in [3.63, 3.8) is 0 Å². The number of rotatable bonds is 0. The van der Waals surface area contributed by atoms with Gasteiger partial charge in [0.05, 0.1) is 5.41 Å². The third-order valence-electron chi connectivity index (χ3n) is 4.17. The maximum atomic E-state index is 12.3. The smallest absolute Gasteiger partial charge is 0.147 e. The first-order chi connectivity index (χ1) is 7.72. The molecule has 1 spiro atoms. The molecule has 0 bridgehead atoms. The van der Waals surface area contributed by atoms with Crippen molar-refractivity contribution in [1.82, 2.24) is 0 Å². The van der Waals surface area contributed by atoms with E-state index in [1.807, 2.05) is 0 Å². The Balaban J connectivity index is 2.11. The molecule has 0 unspecified atom stereocenters. The summed E-state index contributed by atoms with van der Waals surface area (Å²) in [6.07, 6.45) is 6.50. The predicted octanol–water partition coefficient (Wildman–Crippen LogP) is 3.78. The number of carbonyl (C=O) groups is 1. The molecule has 0 N–H and O–H groups in total. The number of hydrogen-bond donors (Lipinski definition) is 0. The Hall–Kier alpha value is -0.630. The SMILES string of the molecule is O=C1Cc2cc(Br)ccc2C12CCCCC2. The van der Waals surface area contributed by atoms with Crippen LogP contribution in [0.25, 0.3) is 0 Å².